The smallest absolute Gasteiger partial charge is 0.291 e. The lowest BCUT2D eigenvalue weighted by Crippen LogP contribution is -2.33. The molecule has 3 heteroatoms. The second-order valence-corrected chi connectivity index (χ2v) is 4.57. The number of fused-ring (bicyclic) bond motifs is 1. The fourth-order valence-electron chi connectivity index (χ4n) is 2.51. The summed E-state index contributed by atoms with van der Waals surface area (Å²) in [4.78, 5) is 25.5. The summed E-state index contributed by atoms with van der Waals surface area (Å²) in [5.74, 6) is -0.965. The van der Waals surface area contributed by atoms with Gasteiger partial charge in [-0.25, -0.2) is 0 Å². The van der Waals surface area contributed by atoms with Crippen molar-refractivity contribution in [2.45, 2.75) is 12.6 Å². The molecule has 0 aromatic heterocycles. The maximum absolute atomic E-state index is 12.0. The molecule has 18 heavy (non-hydrogen) atoms. The standard InChI is InChI=1S/C15H13NO2/c17-14-12-8-4-5-9-13(12)16(15(14)18)10-11-6-2-1-3-7-11/h1-9,12-13H,10H2. The van der Waals surface area contributed by atoms with Gasteiger partial charge in [0.05, 0.1) is 12.0 Å². The van der Waals surface area contributed by atoms with E-state index in [1.807, 2.05) is 54.6 Å². The van der Waals surface area contributed by atoms with Gasteiger partial charge in [-0.1, -0.05) is 54.6 Å². The van der Waals surface area contributed by atoms with E-state index in [0.29, 0.717) is 6.54 Å². The van der Waals surface area contributed by atoms with Crippen molar-refractivity contribution in [3.8, 4) is 0 Å². The Morgan fingerprint density at radius 3 is 2.50 bits per heavy atom. The minimum absolute atomic E-state index is 0.116. The van der Waals surface area contributed by atoms with Gasteiger partial charge in [-0.2, -0.15) is 0 Å². The van der Waals surface area contributed by atoms with Crippen LogP contribution in [0.1, 0.15) is 5.56 Å². The number of benzene rings is 1. The second kappa shape index (κ2) is 4.26. The SMILES string of the molecule is O=C1C(=O)N(Cc2ccccc2)C2C=CC=CC12. The van der Waals surface area contributed by atoms with E-state index < -0.39 is 0 Å². The summed E-state index contributed by atoms with van der Waals surface area (Å²) in [5.41, 5.74) is 1.04. The minimum Gasteiger partial charge on any atom is -0.324 e. The Labute approximate surface area is 105 Å². The molecule has 3 rings (SSSR count). The summed E-state index contributed by atoms with van der Waals surface area (Å²) in [6.07, 6.45) is 7.47. The van der Waals surface area contributed by atoms with Crippen molar-refractivity contribution in [1.82, 2.24) is 4.90 Å². The molecule has 1 amide bonds. The van der Waals surface area contributed by atoms with Crippen LogP contribution in [0.15, 0.2) is 54.6 Å². The van der Waals surface area contributed by atoms with Crippen molar-refractivity contribution in [2.75, 3.05) is 0 Å². The zero-order valence-corrected chi connectivity index (χ0v) is 9.82. The highest BCUT2D eigenvalue weighted by atomic mass is 16.2. The van der Waals surface area contributed by atoms with Gasteiger partial charge in [0, 0.05) is 6.54 Å². The number of hydrogen-bond donors (Lipinski definition) is 0. The molecule has 0 bridgehead atoms. The van der Waals surface area contributed by atoms with Crippen molar-refractivity contribution < 1.29 is 9.59 Å². The Morgan fingerprint density at radius 2 is 1.72 bits per heavy atom. The number of Topliss-reactive ketones (excluding diaryl/α,β-unsaturated/α-hetero) is 1. The Kier molecular flexibility index (Phi) is 2.59. The number of carbonyl (C=O) groups is 2. The normalized spacial score (nSPS) is 25.7. The summed E-state index contributed by atoms with van der Waals surface area (Å²) in [6, 6.07) is 9.63. The van der Waals surface area contributed by atoms with Crippen LogP contribution in [0.2, 0.25) is 0 Å². The predicted octanol–water partition coefficient (Wildman–Crippen LogP) is 1.71. The van der Waals surface area contributed by atoms with E-state index in [0.717, 1.165) is 5.56 Å². The molecule has 0 N–H and O–H groups in total. The molecule has 1 aromatic rings. The van der Waals surface area contributed by atoms with Gasteiger partial charge in [0.15, 0.2) is 0 Å². The highest BCUT2D eigenvalue weighted by Gasteiger charge is 2.45. The Hall–Kier alpha value is -2.16. The van der Waals surface area contributed by atoms with Crippen LogP contribution in [0.4, 0.5) is 0 Å². The average Bonchev–Trinajstić information content (AvgIpc) is 2.66. The molecule has 3 nitrogen and oxygen atoms in total. The fourth-order valence-corrected chi connectivity index (χ4v) is 2.51. The second-order valence-electron chi connectivity index (χ2n) is 4.57. The van der Waals surface area contributed by atoms with Gasteiger partial charge in [0.1, 0.15) is 0 Å². The molecule has 0 saturated carbocycles. The number of rotatable bonds is 2. The Balaban J connectivity index is 1.88. The quantitative estimate of drug-likeness (QED) is 0.737. The number of hydrogen-bond acceptors (Lipinski definition) is 2. The minimum atomic E-state index is -0.370. The van der Waals surface area contributed by atoms with Gasteiger partial charge in [0.25, 0.3) is 5.91 Å². The summed E-state index contributed by atoms with van der Waals surface area (Å²) in [6.45, 7) is 0.491. The van der Waals surface area contributed by atoms with Crippen LogP contribution in [0.25, 0.3) is 0 Å². The van der Waals surface area contributed by atoms with E-state index in [4.69, 9.17) is 0 Å². The average molecular weight is 239 g/mol. The molecule has 0 spiro atoms. The maximum atomic E-state index is 12.0. The van der Waals surface area contributed by atoms with Gasteiger partial charge < -0.3 is 4.90 Å². The van der Waals surface area contributed by atoms with Gasteiger partial charge in [-0.3, -0.25) is 9.59 Å². The first kappa shape index (κ1) is 11.0. The zero-order chi connectivity index (χ0) is 12.5. The first-order valence-corrected chi connectivity index (χ1v) is 6.01. The van der Waals surface area contributed by atoms with E-state index in [-0.39, 0.29) is 23.7 Å². The molecule has 2 aliphatic rings. The van der Waals surface area contributed by atoms with Crippen LogP contribution in [-0.2, 0) is 16.1 Å². The van der Waals surface area contributed by atoms with Crippen LogP contribution in [0.5, 0.6) is 0 Å². The predicted molar refractivity (Wildman–Crippen MR) is 67.6 cm³/mol. The summed E-state index contributed by atoms with van der Waals surface area (Å²) < 4.78 is 0. The zero-order valence-electron chi connectivity index (χ0n) is 9.82. The molecule has 1 aliphatic heterocycles. The Bertz CT molecular complexity index is 545. The van der Waals surface area contributed by atoms with E-state index in [9.17, 15) is 9.59 Å². The topological polar surface area (TPSA) is 37.4 Å². The first-order valence-electron chi connectivity index (χ1n) is 6.01. The molecule has 1 heterocycles. The van der Waals surface area contributed by atoms with E-state index in [1.54, 1.807) is 4.90 Å². The molecular weight excluding hydrogens is 226 g/mol. The van der Waals surface area contributed by atoms with E-state index >= 15 is 0 Å². The van der Waals surface area contributed by atoms with Crippen molar-refractivity contribution in [3.63, 3.8) is 0 Å². The summed E-state index contributed by atoms with van der Waals surface area (Å²) in [7, 11) is 0. The molecule has 0 radical (unpaired) electrons. The maximum Gasteiger partial charge on any atom is 0.291 e. The number of carbonyl (C=O) groups excluding carboxylic acids is 2. The van der Waals surface area contributed by atoms with Crippen LogP contribution in [0.3, 0.4) is 0 Å². The van der Waals surface area contributed by atoms with Gasteiger partial charge in [-0.05, 0) is 5.56 Å². The number of ketones is 1. The van der Waals surface area contributed by atoms with Gasteiger partial charge >= 0.3 is 0 Å². The number of likely N-dealkylation sites (tertiary alicyclic amines) is 1. The molecule has 2 unspecified atom stereocenters. The third-order valence-electron chi connectivity index (χ3n) is 3.44. The lowest BCUT2D eigenvalue weighted by atomic mass is 9.95. The number of amides is 1. The monoisotopic (exact) mass is 239 g/mol. The summed E-state index contributed by atoms with van der Waals surface area (Å²) >= 11 is 0. The van der Waals surface area contributed by atoms with Gasteiger partial charge in [-0.15, -0.1) is 0 Å². The van der Waals surface area contributed by atoms with Gasteiger partial charge in [0.2, 0.25) is 5.78 Å². The third-order valence-corrected chi connectivity index (χ3v) is 3.44. The largest absolute Gasteiger partial charge is 0.324 e. The highest BCUT2D eigenvalue weighted by Crippen LogP contribution is 2.28. The van der Waals surface area contributed by atoms with Crippen LogP contribution < -0.4 is 0 Å². The first-order chi connectivity index (χ1) is 8.77. The molecular formula is C15H13NO2. The summed E-state index contributed by atoms with van der Waals surface area (Å²) in [5, 5.41) is 0. The highest BCUT2D eigenvalue weighted by molar-refractivity contribution is 6.39. The number of allylic oxidation sites excluding steroid dienone is 2. The number of nitrogens with zero attached hydrogens (tertiary/aromatic N) is 1. The third kappa shape index (κ3) is 1.68. The van der Waals surface area contributed by atoms with Crippen LogP contribution in [-0.4, -0.2) is 22.6 Å². The Morgan fingerprint density at radius 1 is 1.00 bits per heavy atom. The van der Waals surface area contributed by atoms with Crippen molar-refractivity contribution >= 4 is 11.7 Å². The molecule has 1 fully saturated rings. The lowest BCUT2D eigenvalue weighted by Gasteiger charge is -2.24. The van der Waals surface area contributed by atoms with E-state index in [2.05, 4.69) is 0 Å². The van der Waals surface area contributed by atoms with Crippen molar-refractivity contribution in [3.05, 3.63) is 60.2 Å². The molecule has 2 atom stereocenters. The van der Waals surface area contributed by atoms with Crippen molar-refractivity contribution in [2.24, 2.45) is 5.92 Å². The fraction of sp³-hybridized carbons (Fsp3) is 0.200. The van der Waals surface area contributed by atoms with Crippen LogP contribution >= 0.6 is 0 Å². The molecule has 90 valence electrons. The molecule has 1 saturated heterocycles. The van der Waals surface area contributed by atoms with E-state index in [1.165, 1.54) is 0 Å². The molecule has 1 aliphatic carbocycles. The molecule has 1 aromatic carbocycles. The van der Waals surface area contributed by atoms with Crippen LogP contribution in [0, 0.1) is 5.92 Å². The lowest BCUT2D eigenvalue weighted by molar-refractivity contribution is -0.141. The van der Waals surface area contributed by atoms with Crippen molar-refractivity contribution in [1.29, 1.82) is 0 Å².